The summed E-state index contributed by atoms with van der Waals surface area (Å²) in [6.07, 6.45) is -0.871. The number of hydrogen-bond donors (Lipinski definition) is 0. The third-order valence-corrected chi connectivity index (χ3v) is 7.83. The summed E-state index contributed by atoms with van der Waals surface area (Å²) in [4.78, 5) is 40.2. The zero-order valence-corrected chi connectivity index (χ0v) is 25.8. The van der Waals surface area contributed by atoms with E-state index in [1.54, 1.807) is 28.6 Å². The van der Waals surface area contributed by atoms with Crippen molar-refractivity contribution in [2.24, 2.45) is 7.05 Å². The molecule has 0 spiro atoms. The van der Waals surface area contributed by atoms with Crippen LogP contribution in [0.1, 0.15) is 50.0 Å². The van der Waals surface area contributed by atoms with Gasteiger partial charge >= 0.3 is 37.7 Å². The molecule has 0 N–H and O–H groups in total. The largest absolute Gasteiger partial charge is 1.00 e. The number of rotatable bonds is 8. The van der Waals surface area contributed by atoms with Crippen molar-refractivity contribution >= 4 is 23.7 Å². The number of benzene rings is 3. The van der Waals surface area contributed by atoms with Gasteiger partial charge in [0.05, 0.1) is 11.5 Å². The minimum absolute atomic E-state index is 0. The van der Waals surface area contributed by atoms with Crippen LogP contribution >= 0.6 is 0 Å². The Labute approximate surface area is 280 Å². The number of carboxylic acids is 1. The monoisotopic (exact) mass is 579 g/mol. The summed E-state index contributed by atoms with van der Waals surface area (Å²) >= 11 is 0. The molecule has 0 aliphatic carbocycles. The fraction of sp³-hybridized carbons (Fsp3) is 0.242. The maximum atomic E-state index is 13.8. The van der Waals surface area contributed by atoms with Gasteiger partial charge in [-0.25, -0.2) is 0 Å². The van der Waals surface area contributed by atoms with Crippen LogP contribution in [0.5, 0.6) is 5.75 Å². The van der Waals surface area contributed by atoms with E-state index in [-0.39, 0.29) is 62.3 Å². The zero-order chi connectivity index (χ0) is 30.0. The normalized spacial score (nSPS) is 11.9. The van der Waals surface area contributed by atoms with Crippen LogP contribution in [0.15, 0.2) is 72.8 Å². The number of carboxylic acid groups (broad SMARTS) is 2. The quantitative estimate of drug-likeness (QED) is 0.210. The summed E-state index contributed by atoms with van der Waals surface area (Å²) in [5, 5.41) is 23.5. The van der Waals surface area contributed by atoms with E-state index in [0.717, 1.165) is 16.0 Å². The summed E-state index contributed by atoms with van der Waals surface area (Å²) in [6, 6.07) is 22.2. The smallest absolute Gasteiger partial charge is 0.545 e. The SMILES string of the molecule is CCN(C(=O)c1cc(-c2cc3c(cc2C(=O)[O-])CN(C(=O)[O-])CC3)n(C)c1C)c1ccc(OCc2ccccc2)cc1.[Li+].[Li+]. The van der Waals surface area contributed by atoms with Gasteiger partial charge in [0.1, 0.15) is 18.4 Å². The van der Waals surface area contributed by atoms with Gasteiger partial charge in [-0.3, -0.25) is 4.79 Å². The van der Waals surface area contributed by atoms with Gasteiger partial charge < -0.3 is 38.9 Å². The first-order valence-electron chi connectivity index (χ1n) is 13.8. The minimum atomic E-state index is -1.38. The number of fused-ring (bicyclic) bond motifs is 1. The van der Waals surface area contributed by atoms with Gasteiger partial charge in [-0.15, -0.1) is 0 Å². The summed E-state index contributed by atoms with van der Waals surface area (Å²) in [5.41, 5.74) is 5.26. The van der Waals surface area contributed by atoms with Crippen molar-refractivity contribution in [3.05, 3.63) is 106 Å². The fourth-order valence-corrected chi connectivity index (χ4v) is 5.37. The molecular weight excluding hydrogens is 548 g/mol. The Morgan fingerprint density at radius 2 is 1.59 bits per heavy atom. The molecule has 0 saturated heterocycles. The average Bonchev–Trinajstić information content (AvgIpc) is 3.30. The number of anilines is 1. The number of carbonyl (C=O) groups is 3. The number of nitrogens with zero attached hydrogens (tertiary/aromatic N) is 3. The molecule has 216 valence electrons. The third kappa shape index (κ3) is 7.09. The molecule has 1 aliphatic heterocycles. The Bertz CT molecular complexity index is 1650. The molecule has 0 fully saturated rings. The predicted octanol–water partition coefficient (Wildman–Crippen LogP) is -2.68. The molecule has 2 heterocycles. The number of amides is 2. The maximum absolute atomic E-state index is 13.8. The number of aromatic carboxylic acids is 1. The molecule has 2 amide bonds. The maximum Gasteiger partial charge on any atom is 1.00 e. The topological polar surface area (TPSA) is 118 Å². The van der Waals surface area contributed by atoms with Crippen LogP contribution in [-0.4, -0.2) is 40.5 Å². The molecule has 44 heavy (non-hydrogen) atoms. The predicted molar refractivity (Wildman–Crippen MR) is 154 cm³/mol. The molecule has 0 atom stereocenters. The third-order valence-electron chi connectivity index (χ3n) is 7.83. The summed E-state index contributed by atoms with van der Waals surface area (Å²) in [7, 11) is 1.78. The van der Waals surface area contributed by atoms with Gasteiger partial charge in [-0.2, -0.15) is 0 Å². The van der Waals surface area contributed by atoms with Crippen molar-refractivity contribution in [2.75, 3.05) is 18.0 Å². The van der Waals surface area contributed by atoms with Gasteiger partial charge in [0.15, 0.2) is 0 Å². The van der Waals surface area contributed by atoms with Crippen molar-refractivity contribution in [3.8, 4) is 17.0 Å². The zero-order valence-electron chi connectivity index (χ0n) is 25.8. The Hall–Kier alpha value is -3.86. The summed E-state index contributed by atoms with van der Waals surface area (Å²) in [6.45, 7) is 4.88. The van der Waals surface area contributed by atoms with E-state index in [1.807, 2.05) is 68.4 Å². The summed E-state index contributed by atoms with van der Waals surface area (Å²) in [5.74, 6) is -0.906. The van der Waals surface area contributed by atoms with E-state index in [9.17, 15) is 24.6 Å². The van der Waals surface area contributed by atoms with E-state index >= 15 is 0 Å². The second-order valence-corrected chi connectivity index (χ2v) is 10.3. The second kappa shape index (κ2) is 14.7. The molecule has 11 heteroatoms. The van der Waals surface area contributed by atoms with Gasteiger partial charge in [0, 0.05) is 54.9 Å². The molecule has 5 rings (SSSR count). The van der Waals surface area contributed by atoms with Crippen molar-refractivity contribution in [2.45, 2.75) is 33.4 Å². The van der Waals surface area contributed by atoms with Crippen molar-refractivity contribution in [1.82, 2.24) is 9.47 Å². The van der Waals surface area contributed by atoms with Crippen molar-refractivity contribution in [3.63, 3.8) is 0 Å². The molecule has 0 saturated carbocycles. The van der Waals surface area contributed by atoms with Gasteiger partial charge in [-0.05, 0) is 79.4 Å². The van der Waals surface area contributed by atoms with E-state index in [0.29, 0.717) is 59.1 Å². The molecule has 0 radical (unpaired) electrons. The number of ether oxygens (including phenoxy) is 1. The van der Waals surface area contributed by atoms with E-state index in [2.05, 4.69) is 0 Å². The van der Waals surface area contributed by atoms with E-state index < -0.39 is 12.1 Å². The van der Waals surface area contributed by atoms with Crippen molar-refractivity contribution in [1.29, 1.82) is 0 Å². The molecule has 1 aromatic heterocycles. The van der Waals surface area contributed by atoms with Crippen LogP contribution in [0.4, 0.5) is 10.5 Å². The first-order chi connectivity index (χ1) is 20.2. The Balaban J connectivity index is 0.00000264. The van der Waals surface area contributed by atoms with Gasteiger partial charge in [0.2, 0.25) is 0 Å². The standard InChI is InChI=1S/C33H33N3O6.2Li/c1-4-36(25-10-12-26(13-11-25)42-20-22-8-6-5-7-9-22)31(37)27-18-30(34(3)21(27)2)28-16-23-14-15-35(33(40)41)19-24(23)17-29(28)32(38)39;;/h5-13,16-18H,4,14-15,19-20H2,1-3H3,(H,38,39)(H,40,41);;/q;2*+1/p-2. The number of hydrogen-bond acceptors (Lipinski definition) is 6. The fourth-order valence-electron chi connectivity index (χ4n) is 5.37. The van der Waals surface area contributed by atoms with Crippen LogP contribution in [0, 0.1) is 6.92 Å². The molecular formula is C33H31Li2N3O6. The Kier molecular flexibility index (Phi) is 11.6. The molecule has 1 aliphatic rings. The van der Waals surface area contributed by atoms with Crippen LogP contribution in [0.2, 0.25) is 0 Å². The minimum Gasteiger partial charge on any atom is -0.545 e. The summed E-state index contributed by atoms with van der Waals surface area (Å²) < 4.78 is 7.68. The van der Waals surface area contributed by atoms with E-state index in [1.165, 1.54) is 6.07 Å². The molecule has 9 nitrogen and oxygen atoms in total. The molecule has 0 unspecified atom stereocenters. The molecule has 3 aromatic carbocycles. The van der Waals surface area contributed by atoms with Crippen LogP contribution in [0.3, 0.4) is 0 Å². The molecule has 0 bridgehead atoms. The number of carbonyl (C=O) groups excluding carboxylic acids is 3. The van der Waals surface area contributed by atoms with E-state index in [4.69, 9.17) is 4.74 Å². The van der Waals surface area contributed by atoms with Crippen LogP contribution in [-0.2, 0) is 26.6 Å². The van der Waals surface area contributed by atoms with Gasteiger partial charge in [0.25, 0.3) is 5.91 Å². The van der Waals surface area contributed by atoms with Crippen LogP contribution < -0.4 is 57.6 Å². The number of aromatic nitrogens is 1. The van der Waals surface area contributed by atoms with Crippen LogP contribution in [0.25, 0.3) is 11.3 Å². The Morgan fingerprint density at radius 3 is 2.20 bits per heavy atom. The Morgan fingerprint density at radius 1 is 0.909 bits per heavy atom. The molecule has 4 aromatic rings. The second-order valence-electron chi connectivity index (χ2n) is 10.3. The average molecular weight is 580 g/mol. The van der Waals surface area contributed by atoms with Gasteiger partial charge in [-0.1, -0.05) is 30.3 Å². The first-order valence-corrected chi connectivity index (χ1v) is 13.8. The first kappa shape index (κ1) is 34.6. The van der Waals surface area contributed by atoms with Crippen molar-refractivity contribution < 1.29 is 67.1 Å².